The van der Waals surface area contributed by atoms with E-state index in [2.05, 4.69) is 4.98 Å². The number of aromatic hydroxyl groups is 1. The summed E-state index contributed by atoms with van der Waals surface area (Å²) in [5, 5.41) is 30.0. The fourth-order valence-electron chi connectivity index (χ4n) is 3.51. The van der Waals surface area contributed by atoms with E-state index in [9.17, 15) is 14.6 Å². The first kappa shape index (κ1) is 15.4. The van der Waals surface area contributed by atoms with Crippen LogP contribution in [-0.4, -0.2) is 19.8 Å². The van der Waals surface area contributed by atoms with Crippen molar-refractivity contribution in [3.8, 4) is 11.8 Å². The maximum atomic E-state index is 14.5. The second-order valence-electron chi connectivity index (χ2n) is 6.16. The van der Waals surface area contributed by atoms with Gasteiger partial charge in [-0.1, -0.05) is 18.2 Å². The van der Waals surface area contributed by atoms with Crippen molar-refractivity contribution >= 4 is 0 Å². The van der Waals surface area contributed by atoms with E-state index in [0.29, 0.717) is 16.8 Å². The zero-order chi connectivity index (χ0) is 17.6. The smallest absolute Gasteiger partial charge is 0.133 e. The zero-order valence-corrected chi connectivity index (χ0v) is 13.1. The lowest BCUT2D eigenvalue weighted by atomic mass is 9.86. The van der Waals surface area contributed by atoms with Gasteiger partial charge < -0.3 is 14.8 Å². The summed E-state index contributed by atoms with van der Waals surface area (Å²) in [7, 11) is 0. The third-order valence-electron chi connectivity index (χ3n) is 4.73. The predicted octanol–water partition coefficient (Wildman–Crippen LogP) is 2.83. The number of halogens is 1. The molecule has 0 fully saturated rings. The Bertz CT molecular complexity index is 1010. The highest BCUT2D eigenvalue weighted by Crippen LogP contribution is 2.47. The van der Waals surface area contributed by atoms with Crippen molar-refractivity contribution in [2.75, 3.05) is 0 Å². The SMILES string of the molecule is N#Cc1ccc([C@H]2C[C@@](O)(c3cccc(O)c3)c3cncn32)c(F)c1. The summed E-state index contributed by atoms with van der Waals surface area (Å²) in [6.45, 7) is 0. The third kappa shape index (κ3) is 2.29. The normalized spacial score (nSPS) is 21.7. The van der Waals surface area contributed by atoms with Gasteiger partial charge in [-0.15, -0.1) is 0 Å². The van der Waals surface area contributed by atoms with Crippen molar-refractivity contribution in [3.05, 3.63) is 83.2 Å². The summed E-state index contributed by atoms with van der Waals surface area (Å²) < 4.78 is 16.2. The molecule has 0 saturated heterocycles. The highest BCUT2D eigenvalue weighted by molar-refractivity contribution is 5.42. The van der Waals surface area contributed by atoms with E-state index in [4.69, 9.17) is 5.26 Å². The van der Waals surface area contributed by atoms with Crippen LogP contribution in [0.15, 0.2) is 55.0 Å². The summed E-state index contributed by atoms with van der Waals surface area (Å²) >= 11 is 0. The van der Waals surface area contributed by atoms with Crippen molar-refractivity contribution < 1.29 is 14.6 Å². The Balaban J connectivity index is 1.83. The van der Waals surface area contributed by atoms with Crippen molar-refractivity contribution in [2.45, 2.75) is 18.1 Å². The maximum Gasteiger partial charge on any atom is 0.133 e. The van der Waals surface area contributed by atoms with Crippen LogP contribution in [0.4, 0.5) is 4.39 Å². The molecule has 1 aliphatic heterocycles. The number of phenols is 1. The minimum atomic E-state index is -1.39. The van der Waals surface area contributed by atoms with Gasteiger partial charge in [0.15, 0.2) is 0 Å². The van der Waals surface area contributed by atoms with Crippen molar-refractivity contribution in [2.24, 2.45) is 0 Å². The Hall–Kier alpha value is -3.17. The number of benzene rings is 2. The van der Waals surface area contributed by atoms with Crippen LogP contribution in [0.3, 0.4) is 0 Å². The van der Waals surface area contributed by atoms with E-state index < -0.39 is 17.5 Å². The van der Waals surface area contributed by atoms with Crippen molar-refractivity contribution in [1.29, 1.82) is 5.26 Å². The second-order valence-corrected chi connectivity index (χ2v) is 6.16. The summed E-state index contributed by atoms with van der Waals surface area (Å²) in [5.74, 6) is -0.450. The highest BCUT2D eigenvalue weighted by Gasteiger charge is 2.45. The van der Waals surface area contributed by atoms with E-state index in [0.717, 1.165) is 0 Å². The number of nitriles is 1. The number of aromatic nitrogens is 2. The number of rotatable bonds is 2. The van der Waals surface area contributed by atoms with Gasteiger partial charge >= 0.3 is 0 Å². The standard InChI is InChI=1S/C19H14FN3O2/c20-16-6-12(9-21)4-5-15(16)17-8-19(25,18-10-22-11-23(17)18)13-2-1-3-14(24)7-13/h1-7,10-11,17,24-25H,8H2/t17-,19-/m1/s1. The maximum absolute atomic E-state index is 14.5. The Kier molecular flexibility index (Phi) is 3.34. The van der Waals surface area contributed by atoms with Crippen LogP contribution in [0.25, 0.3) is 0 Å². The largest absolute Gasteiger partial charge is 0.508 e. The Morgan fingerprint density at radius 1 is 1.28 bits per heavy atom. The first-order valence-electron chi connectivity index (χ1n) is 7.76. The summed E-state index contributed by atoms with van der Waals surface area (Å²) in [6.07, 6.45) is 3.31. The number of aliphatic hydroxyl groups is 1. The fourth-order valence-corrected chi connectivity index (χ4v) is 3.51. The molecule has 5 nitrogen and oxygen atoms in total. The lowest BCUT2D eigenvalue weighted by Crippen LogP contribution is -2.24. The number of imidazole rings is 1. The quantitative estimate of drug-likeness (QED) is 0.754. The van der Waals surface area contributed by atoms with E-state index in [-0.39, 0.29) is 17.7 Å². The molecule has 0 amide bonds. The minimum Gasteiger partial charge on any atom is -0.508 e. The van der Waals surface area contributed by atoms with Crippen LogP contribution in [-0.2, 0) is 5.60 Å². The van der Waals surface area contributed by atoms with Gasteiger partial charge in [-0.2, -0.15) is 5.26 Å². The summed E-state index contributed by atoms with van der Waals surface area (Å²) in [4.78, 5) is 4.09. The molecular weight excluding hydrogens is 321 g/mol. The van der Waals surface area contributed by atoms with Gasteiger partial charge in [0.2, 0.25) is 0 Å². The average molecular weight is 335 g/mol. The molecule has 2 aromatic carbocycles. The van der Waals surface area contributed by atoms with Crippen LogP contribution in [0.1, 0.15) is 34.8 Å². The Morgan fingerprint density at radius 3 is 2.84 bits per heavy atom. The molecule has 0 unspecified atom stereocenters. The van der Waals surface area contributed by atoms with Gasteiger partial charge in [0, 0.05) is 12.0 Å². The molecule has 4 rings (SSSR count). The molecule has 124 valence electrons. The molecule has 0 saturated carbocycles. The molecule has 2 heterocycles. The highest BCUT2D eigenvalue weighted by atomic mass is 19.1. The van der Waals surface area contributed by atoms with E-state index in [1.807, 2.05) is 6.07 Å². The van der Waals surface area contributed by atoms with E-state index in [1.54, 1.807) is 41.4 Å². The molecule has 2 atom stereocenters. The molecule has 0 aliphatic carbocycles. The predicted molar refractivity (Wildman–Crippen MR) is 87.2 cm³/mol. The lowest BCUT2D eigenvalue weighted by molar-refractivity contribution is 0.0790. The van der Waals surface area contributed by atoms with Gasteiger partial charge in [0.05, 0.1) is 35.9 Å². The second kappa shape index (κ2) is 5.43. The first-order valence-corrected chi connectivity index (χ1v) is 7.76. The van der Waals surface area contributed by atoms with Crippen molar-refractivity contribution in [3.63, 3.8) is 0 Å². The van der Waals surface area contributed by atoms with Crippen molar-refractivity contribution in [1.82, 2.24) is 9.55 Å². The molecule has 6 heteroatoms. The van der Waals surface area contributed by atoms with Gasteiger partial charge in [0.1, 0.15) is 17.2 Å². The van der Waals surface area contributed by atoms with Crippen LogP contribution < -0.4 is 0 Å². The Morgan fingerprint density at radius 2 is 2.12 bits per heavy atom. The van der Waals surface area contributed by atoms with Crippen LogP contribution >= 0.6 is 0 Å². The molecule has 2 N–H and O–H groups in total. The van der Waals surface area contributed by atoms with Gasteiger partial charge in [-0.05, 0) is 29.8 Å². The Labute approximate surface area is 143 Å². The number of nitrogens with zero attached hydrogens (tertiary/aromatic N) is 3. The van der Waals surface area contributed by atoms with E-state index >= 15 is 0 Å². The van der Waals surface area contributed by atoms with Gasteiger partial charge in [-0.3, -0.25) is 0 Å². The number of fused-ring (bicyclic) bond motifs is 1. The number of hydrogen-bond acceptors (Lipinski definition) is 4. The fraction of sp³-hybridized carbons (Fsp3) is 0.158. The summed E-state index contributed by atoms with van der Waals surface area (Å²) in [5.41, 5.74) is 0.292. The molecule has 0 spiro atoms. The lowest BCUT2D eigenvalue weighted by Gasteiger charge is -2.23. The zero-order valence-electron chi connectivity index (χ0n) is 13.1. The molecule has 1 aliphatic rings. The molecule has 25 heavy (non-hydrogen) atoms. The number of hydrogen-bond donors (Lipinski definition) is 2. The van der Waals surface area contributed by atoms with Gasteiger partial charge in [-0.25, -0.2) is 9.37 Å². The molecule has 3 aromatic rings. The average Bonchev–Trinajstić information content (AvgIpc) is 3.19. The van der Waals surface area contributed by atoms with Crippen LogP contribution in [0.2, 0.25) is 0 Å². The molecular formula is C19H14FN3O2. The molecule has 0 radical (unpaired) electrons. The van der Waals surface area contributed by atoms with Gasteiger partial charge in [0.25, 0.3) is 0 Å². The topological polar surface area (TPSA) is 82.1 Å². The van der Waals surface area contributed by atoms with Crippen LogP contribution in [0.5, 0.6) is 5.75 Å². The first-order chi connectivity index (χ1) is 12.0. The summed E-state index contributed by atoms with van der Waals surface area (Å²) in [6, 6.07) is 12.2. The molecule has 1 aromatic heterocycles. The van der Waals surface area contributed by atoms with Crippen LogP contribution in [0, 0.1) is 17.1 Å². The number of phenolic OH excluding ortho intramolecular Hbond substituents is 1. The monoisotopic (exact) mass is 335 g/mol. The third-order valence-corrected chi connectivity index (χ3v) is 4.73. The molecule has 0 bridgehead atoms. The minimum absolute atomic E-state index is 0.0463. The van der Waals surface area contributed by atoms with E-state index in [1.165, 1.54) is 18.2 Å².